The summed E-state index contributed by atoms with van der Waals surface area (Å²) in [5.74, 6) is 0. The number of rotatable bonds is 3. The molecule has 0 unspecified atom stereocenters. The Labute approximate surface area is 97.9 Å². The zero-order chi connectivity index (χ0) is 9.10. The maximum Gasteiger partial charge on any atom is -0.147 e. The van der Waals surface area contributed by atoms with E-state index >= 15 is 0 Å². The van der Waals surface area contributed by atoms with Crippen molar-refractivity contribution in [2.45, 2.75) is 12.8 Å². The molecule has 0 bridgehead atoms. The number of halogens is 1. The molecule has 0 aromatic carbocycles. The van der Waals surface area contributed by atoms with Crippen molar-refractivity contribution < 1.29 is 21.6 Å². The maximum absolute atomic E-state index is 5.67. The van der Waals surface area contributed by atoms with Gasteiger partial charge in [-0.25, -0.2) is 0 Å². The van der Waals surface area contributed by atoms with Gasteiger partial charge in [-0.3, -0.25) is 0 Å². The van der Waals surface area contributed by atoms with Crippen LogP contribution in [0.2, 0.25) is 0 Å². The molecule has 2 aliphatic carbocycles. The summed E-state index contributed by atoms with van der Waals surface area (Å²) in [7, 11) is 1.85. The zero-order valence-corrected chi connectivity index (χ0v) is 10.6. The Morgan fingerprint density at radius 3 is 1.86 bits per heavy atom. The molecule has 75 valence electrons. The average Bonchev–Trinajstić information content (AvgIpc) is 2.76. The summed E-state index contributed by atoms with van der Waals surface area (Å²) in [6, 6.07) is 0. The largest absolute Gasteiger partial charge is 0.147 e. The van der Waals surface area contributed by atoms with E-state index in [1.807, 2.05) is 7.11 Å². The summed E-state index contributed by atoms with van der Waals surface area (Å²) in [6.07, 6.45) is 15.4. The van der Waals surface area contributed by atoms with Gasteiger partial charge < -0.3 is 0 Å². The van der Waals surface area contributed by atoms with Gasteiger partial charge >= 0.3 is 85.7 Å². The summed E-state index contributed by atoms with van der Waals surface area (Å²) in [4.78, 5) is 0. The molecule has 0 saturated carbocycles. The van der Waals surface area contributed by atoms with E-state index in [1.54, 1.807) is 0 Å². The van der Waals surface area contributed by atoms with E-state index in [4.69, 9.17) is 3.32 Å². The maximum atomic E-state index is 5.67. The van der Waals surface area contributed by atoms with Crippen molar-refractivity contribution in [3.63, 3.8) is 0 Å². The Kier molecular flexibility index (Phi) is 4.90. The fourth-order valence-electron chi connectivity index (χ4n) is 1.70. The van der Waals surface area contributed by atoms with Crippen molar-refractivity contribution in [2.24, 2.45) is 0 Å². The van der Waals surface area contributed by atoms with Gasteiger partial charge in [0.2, 0.25) is 0 Å². The SMILES string of the molecule is C[O][Ti]([C]1=CC=CC1)[C]1=CC=CC1.Cl. The molecule has 0 aliphatic heterocycles. The molecule has 2 rings (SSSR count). The standard InChI is InChI=1S/2C5H5.CH3O.ClH.Ti/c2*1-2-4-5-3-1;1-2;;/h2*1-3H,4H2;1H3;1H;/q;;-1;;+1. The first kappa shape index (κ1) is 12.0. The van der Waals surface area contributed by atoms with Gasteiger partial charge in [0.15, 0.2) is 0 Å². The minimum Gasteiger partial charge on any atom is -0.147 e. The van der Waals surface area contributed by atoms with Gasteiger partial charge in [-0.05, 0) is 0 Å². The number of hydrogen-bond donors (Lipinski definition) is 0. The third-order valence-electron chi connectivity index (χ3n) is 2.33. The topological polar surface area (TPSA) is 9.23 Å². The molecule has 14 heavy (non-hydrogen) atoms. The predicted molar refractivity (Wildman–Crippen MR) is 57.9 cm³/mol. The van der Waals surface area contributed by atoms with Crippen LogP contribution < -0.4 is 0 Å². The van der Waals surface area contributed by atoms with Gasteiger partial charge in [0, 0.05) is 0 Å². The van der Waals surface area contributed by atoms with Gasteiger partial charge in [-0.2, -0.15) is 0 Å². The second-order valence-electron chi connectivity index (χ2n) is 3.18. The van der Waals surface area contributed by atoms with Crippen LogP contribution in [0.5, 0.6) is 0 Å². The van der Waals surface area contributed by atoms with E-state index in [0.717, 1.165) is 12.8 Å². The summed E-state index contributed by atoms with van der Waals surface area (Å²) in [5, 5.41) is 0. The normalized spacial score (nSPS) is 17.8. The van der Waals surface area contributed by atoms with E-state index in [2.05, 4.69) is 36.5 Å². The summed E-state index contributed by atoms with van der Waals surface area (Å²) in [5.41, 5.74) is 0. The Morgan fingerprint density at radius 1 is 1.07 bits per heavy atom. The minimum atomic E-state index is -1.50. The van der Waals surface area contributed by atoms with Gasteiger partial charge in [0.25, 0.3) is 0 Å². The van der Waals surface area contributed by atoms with Crippen LogP contribution in [0, 0.1) is 0 Å². The van der Waals surface area contributed by atoms with Crippen LogP contribution in [-0.4, -0.2) is 7.11 Å². The van der Waals surface area contributed by atoms with Crippen molar-refractivity contribution in [1.29, 1.82) is 0 Å². The van der Waals surface area contributed by atoms with Crippen molar-refractivity contribution in [2.75, 3.05) is 7.11 Å². The van der Waals surface area contributed by atoms with Crippen LogP contribution in [0.1, 0.15) is 12.8 Å². The summed E-state index contributed by atoms with van der Waals surface area (Å²) in [6.45, 7) is 0. The third kappa shape index (κ3) is 2.49. The fourth-order valence-corrected chi connectivity index (χ4v) is 4.88. The molecule has 0 N–H and O–H groups in total. The first-order valence-corrected chi connectivity index (χ1v) is 6.75. The molecule has 2 aliphatic rings. The van der Waals surface area contributed by atoms with Crippen molar-refractivity contribution in [3.8, 4) is 0 Å². The molecule has 0 atom stereocenters. The van der Waals surface area contributed by atoms with Gasteiger partial charge in [0.1, 0.15) is 0 Å². The summed E-state index contributed by atoms with van der Waals surface area (Å²) < 4.78 is 8.75. The van der Waals surface area contributed by atoms with E-state index in [0.29, 0.717) is 0 Å². The van der Waals surface area contributed by atoms with Crippen LogP contribution in [-0.2, 0) is 21.6 Å². The predicted octanol–water partition coefficient (Wildman–Crippen LogP) is 3.28. The second kappa shape index (κ2) is 5.72. The van der Waals surface area contributed by atoms with Gasteiger partial charge in [-0.15, -0.1) is 12.4 Å². The van der Waals surface area contributed by atoms with Crippen molar-refractivity contribution in [3.05, 3.63) is 44.2 Å². The molecule has 1 nitrogen and oxygen atoms in total. The smallest absolute Gasteiger partial charge is 0.147 e. The molecule has 0 amide bonds. The molecule has 0 spiro atoms. The molecule has 0 heterocycles. The molecular weight excluding hydrogens is 231 g/mol. The molecule has 0 saturated heterocycles. The minimum absolute atomic E-state index is 0. The van der Waals surface area contributed by atoms with E-state index in [9.17, 15) is 0 Å². The van der Waals surface area contributed by atoms with Crippen LogP contribution >= 0.6 is 12.4 Å². The van der Waals surface area contributed by atoms with Crippen molar-refractivity contribution >= 4 is 12.4 Å². The molecule has 0 fully saturated rings. The van der Waals surface area contributed by atoms with Gasteiger partial charge in [-0.1, -0.05) is 0 Å². The fraction of sp³-hybridized carbons (Fsp3) is 0.273. The van der Waals surface area contributed by atoms with E-state index in [1.165, 1.54) is 7.76 Å². The van der Waals surface area contributed by atoms with Crippen LogP contribution in [0.25, 0.3) is 0 Å². The number of allylic oxidation sites excluding steroid dienone is 8. The monoisotopic (exact) mass is 245 g/mol. The molecular formula is C11H14ClOTi. The molecule has 0 aromatic heterocycles. The van der Waals surface area contributed by atoms with Crippen LogP contribution in [0.15, 0.2) is 44.2 Å². The first-order chi connectivity index (χ1) is 6.42. The first-order valence-electron chi connectivity index (χ1n) is 4.55. The average molecular weight is 246 g/mol. The molecule has 3 heteroatoms. The third-order valence-corrected chi connectivity index (χ3v) is 5.95. The van der Waals surface area contributed by atoms with E-state index in [-0.39, 0.29) is 12.4 Å². The van der Waals surface area contributed by atoms with E-state index < -0.39 is 18.3 Å². The Hall–Kier alpha value is -0.0757. The van der Waals surface area contributed by atoms with Gasteiger partial charge in [0.05, 0.1) is 0 Å². The molecule has 0 aromatic rings. The Bertz CT molecular complexity index is 285. The molecule has 0 radical (unpaired) electrons. The van der Waals surface area contributed by atoms with Crippen LogP contribution in [0.3, 0.4) is 0 Å². The Balaban J connectivity index is 0.000000980. The quantitative estimate of drug-likeness (QED) is 0.694. The van der Waals surface area contributed by atoms with Crippen LogP contribution in [0.4, 0.5) is 0 Å². The zero-order valence-electron chi connectivity index (χ0n) is 8.19. The number of hydrogen-bond acceptors (Lipinski definition) is 1. The summed E-state index contributed by atoms with van der Waals surface area (Å²) >= 11 is -1.50. The van der Waals surface area contributed by atoms with Crippen molar-refractivity contribution in [1.82, 2.24) is 0 Å². The second-order valence-corrected chi connectivity index (χ2v) is 6.85. The Morgan fingerprint density at radius 2 is 1.57 bits per heavy atom.